The lowest BCUT2D eigenvalue weighted by Gasteiger charge is -2.23. The monoisotopic (exact) mass is 464 g/mol. The van der Waals surface area contributed by atoms with Crippen LogP contribution in [0.25, 0.3) is 10.6 Å². The predicted octanol–water partition coefficient (Wildman–Crippen LogP) is 4.87. The topological polar surface area (TPSA) is 75.2 Å². The molecule has 1 aromatic heterocycles. The molecular weight excluding hydrogens is 440 g/mol. The maximum atomic E-state index is 12.7. The lowest BCUT2D eigenvalue weighted by Crippen LogP contribution is -2.43. The summed E-state index contributed by atoms with van der Waals surface area (Å²) in [4.78, 5) is 27.0. The van der Waals surface area contributed by atoms with Gasteiger partial charge in [0.05, 0.1) is 0 Å². The van der Waals surface area contributed by atoms with E-state index >= 15 is 0 Å². The van der Waals surface area contributed by atoms with Crippen LogP contribution in [-0.2, 0) is 9.59 Å². The largest absolute Gasteiger partial charge is 0.331 e. The number of halogens is 1. The van der Waals surface area contributed by atoms with Crippen LogP contribution in [-0.4, -0.2) is 39.5 Å². The lowest BCUT2D eigenvalue weighted by atomic mass is 10.1. The van der Waals surface area contributed by atoms with Crippen LogP contribution in [0.1, 0.15) is 51.9 Å². The molecule has 1 aliphatic rings. The van der Waals surface area contributed by atoms with Crippen LogP contribution in [0.5, 0.6) is 0 Å². The van der Waals surface area contributed by atoms with Crippen LogP contribution in [0, 0.1) is 0 Å². The summed E-state index contributed by atoms with van der Waals surface area (Å²) in [6.07, 6.45) is 6.33. The number of hydrogen-bond donors (Lipinski definition) is 1. The number of carbonyl (C=O) groups is 2. The van der Waals surface area contributed by atoms with E-state index in [1.807, 2.05) is 24.3 Å². The zero-order valence-corrected chi connectivity index (χ0v) is 18.4. The van der Waals surface area contributed by atoms with Crippen LogP contribution < -0.4 is 5.32 Å². The SMILES string of the molecule is CCCCCCC(=O)N1CCCC1C(=O)Nc1nnc(-c2cccc(Br)c2)s1. The maximum Gasteiger partial charge on any atom is 0.249 e. The number of hydrogen-bond acceptors (Lipinski definition) is 5. The number of nitrogens with zero attached hydrogens (tertiary/aromatic N) is 3. The Labute approximate surface area is 177 Å². The molecule has 0 radical (unpaired) electrons. The second-order valence-electron chi connectivity index (χ2n) is 6.97. The van der Waals surface area contributed by atoms with Crippen LogP contribution in [0.4, 0.5) is 5.13 Å². The molecule has 150 valence electrons. The van der Waals surface area contributed by atoms with E-state index in [0.717, 1.165) is 47.1 Å². The molecule has 0 saturated carbocycles. The summed E-state index contributed by atoms with van der Waals surface area (Å²) in [6.45, 7) is 2.81. The molecule has 3 rings (SSSR count). The Morgan fingerprint density at radius 3 is 2.93 bits per heavy atom. The highest BCUT2D eigenvalue weighted by atomic mass is 79.9. The van der Waals surface area contributed by atoms with E-state index in [1.54, 1.807) is 4.90 Å². The van der Waals surface area contributed by atoms with Crippen molar-refractivity contribution < 1.29 is 9.59 Å². The first-order chi connectivity index (χ1) is 13.6. The van der Waals surface area contributed by atoms with Crippen molar-refractivity contribution >= 4 is 44.2 Å². The molecule has 8 heteroatoms. The number of rotatable bonds is 8. The van der Waals surface area contributed by atoms with Crippen molar-refractivity contribution in [1.29, 1.82) is 0 Å². The first-order valence-electron chi connectivity index (χ1n) is 9.78. The molecular formula is C20H25BrN4O2S. The third-order valence-electron chi connectivity index (χ3n) is 4.85. The zero-order chi connectivity index (χ0) is 19.9. The van der Waals surface area contributed by atoms with Crippen molar-refractivity contribution in [2.45, 2.75) is 57.9 Å². The van der Waals surface area contributed by atoms with E-state index in [4.69, 9.17) is 0 Å². The van der Waals surface area contributed by atoms with E-state index < -0.39 is 6.04 Å². The summed E-state index contributed by atoms with van der Waals surface area (Å²) in [5, 5.41) is 12.3. The molecule has 0 aliphatic carbocycles. The summed E-state index contributed by atoms with van der Waals surface area (Å²) in [7, 11) is 0. The van der Waals surface area contributed by atoms with Gasteiger partial charge in [0.2, 0.25) is 16.9 Å². The summed E-state index contributed by atoms with van der Waals surface area (Å²) in [5.74, 6) is -0.0859. The Morgan fingerprint density at radius 2 is 2.14 bits per heavy atom. The van der Waals surface area contributed by atoms with Crippen molar-refractivity contribution in [2.24, 2.45) is 0 Å². The average Bonchev–Trinajstić information content (AvgIpc) is 3.34. The molecule has 1 atom stereocenters. The Hall–Kier alpha value is -1.80. The fraction of sp³-hybridized carbons (Fsp3) is 0.500. The van der Waals surface area contributed by atoms with Gasteiger partial charge in [-0.2, -0.15) is 0 Å². The first-order valence-corrected chi connectivity index (χ1v) is 11.4. The fourth-order valence-electron chi connectivity index (χ4n) is 3.39. The minimum absolute atomic E-state index is 0.0841. The quantitative estimate of drug-likeness (QED) is 0.565. The molecule has 1 N–H and O–H groups in total. The number of anilines is 1. The van der Waals surface area contributed by atoms with E-state index in [9.17, 15) is 9.59 Å². The minimum atomic E-state index is -0.406. The van der Waals surface area contributed by atoms with Gasteiger partial charge in [-0.1, -0.05) is 65.6 Å². The molecule has 2 heterocycles. The maximum absolute atomic E-state index is 12.7. The summed E-state index contributed by atoms with van der Waals surface area (Å²) < 4.78 is 0.963. The number of nitrogens with one attached hydrogen (secondary N) is 1. The van der Waals surface area contributed by atoms with Gasteiger partial charge >= 0.3 is 0 Å². The van der Waals surface area contributed by atoms with Crippen LogP contribution >= 0.6 is 27.3 Å². The van der Waals surface area contributed by atoms with Gasteiger partial charge in [0.1, 0.15) is 11.0 Å². The van der Waals surface area contributed by atoms with Crippen LogP contribution in [0.3, 0.4) is 0 Å². The molecule has 0 spiro atoms. The third-order valence-corrected chi connectivity index (χ3v) is 6.23. The molecule has 2 amide bonds. The highest BCUT2D eigenvalue weighted by Crippen LogP contribution is 2.29. The van der Waals surface area contributed by atoms with Gasteiger partial charge in [-0.05, 0) is 31.4 Å². The second-order valence-corrected chi connectivity index (χ2v) is 8.86. The van der Waals surface area contributed by atoms with Crippen LogP contribution in [0.2, 0.25) is 0 Å². The van der Waals surface area contributed by atoms with Crippen LogP contribution in [0.15, 0.2) is 28.7 Å². The standard InChI is InChI=1S/C20H25BrN4O2S/c1-2-3-4-5-11-17(26)25-12-7-10-16(25)18(27)22-20-24-23-19(28-20)14-8-6-9-15(21)13-14/h6,8-9,13,16H,2-5,7,10-12H2,1H3,(H,22,24,27). The first kappa shape index (κ1) is 20.9. The Bertz CT molecular complexity index is 826. The molecule has 28 heavy (non-hydrogen) atoms. The highest BCUT2D eigenvalue weighted by molar-refractivity contribution is 9.10. The lowest BCUT2D eigenvalue weighted by molar-refractivity contribution is -0.136. The van der Waals surface area contributed by atoms with Gasteiger partial charge in [-0.25, -0.2) is 0 Å². The van der Waals surface area contributed by atoms with Gasteiger partial charge in [-0.15, -0.1) is 10.2 Å². The fourth-order valence-corrected chi connectivity index (χ4v) is 4.53. The number of likely N-dealkylation sites (tertiary alicyclic amines) is 1. The minimum Gasteiger partial charge on any atom is -0.331 e. The van der Waals surface area contributed by atoms with E-state index in [1.165, 1.54) is 11.3 Å². The molecule has 1 saturated heterocycles. The Morgan fingerprint density at radius 1 is 1.29 bits per heavy atom. The summed E-state index contributed by atoms with van der Waals surface area (Å²) in [6, 6.07) is 7.38. The summed E-state index contributed by atoms with van der Waals surface area (Å²) in [5.41, 5.74) is 0.942. The van der Waals surface area contributed by atoms with E-state index in [2.05, 4.69) is 38.4 Å². The zero-order valence-electron chi connectivity index (χ0n) is 16.0. The number of unbranched alkanes of at least 4 members (excludes halogenated alkanes) is 3. The van der Waals surface area contributed by atoms with Crippen molar-refractivity contribution in [3.8, 4) is 10.6 Å². The third kappa shape index (κ3) is 5.38. The molecule has 2 aromatic rings. The van der Waals surface area contributed by atoms with Crippen molar-refractivity contribution in [1.82, 2.24) is 15.1 Å². The normalized spacial score (nSPS) is 16.4. The van der Waals surface area contributed by atoms with Crippen molar-refractivity contribution in [3.63, 3.8) is 0 Å². The molecule has 0 bridgehead atoms. The van der Waals surface area contributed by atoms with Crippen molar-refractivity contribution in [2.75, 3.05) is 11.9 Å². The summed E-state index contributed by atoms with van der Waals surface area (Å²) >= 11 is 4.78. The molecule has 1 unspecified atom stereocenters. The van der Waals surface area contributed by atoms with E-state index in [0.29, 0.717) is 24.5 Å². The number of benzene rings is 1. The molecule has 1 fully saturated rings. The van der Waals surface area contributed by atoms with Gasteiger partial charge in [-0.3, -0.25) is 14.9 Å². The van der Waals surface area contributed by atoms with Gasteiger partial charge in [0.15, 0.2) is 0 Å². The molecule has 1 aromatic carbocycles. The number of amides is 2. The average molecular weight is 465 g/mol. The predicted molar refractivity (Wildman–Crippen MR) is 115 cm³/mol. The molecule has 1 aliphatic heterocycles. The number of aromatic nitrogens is 2. The smallest absolute Gasteiger partial charge is 0.249 e. The van der Waals surface area contributed by atoms with Crippen molar-refractivity contribution in [3.05, 3.63) is 28.7 Å². The van der Waals surface area contributed by atoms with Gasteiger partial charge in [0, 0.05) is 23.0 Å². The second kappa shape index (κ2) is 10.1. The van der Waals surface area contributed by atoms with Gasteiger partial charge in [0.25, 0.3) is 0 Å². The Kier molecular flexibility index (Phi) is 7.56. The molecule has 6 nitrogen and oxygen atoms in total. The van der Waals surface area contributed by atoms with Gasteiger partial charge < -0.3 is 4.90 Å². The Balaban J connectivity index is 1.58. The number of carbonyl (C=O) groups excluding carboxylic acids is 2. The highest BCUT2D eigenvalue weighted by Gasteiger charge is 2.34. The van der Waals surface area contributed by atoms with E-state index in [-0.39, 0.29) is 11.8 Å².